The number of carbonyl (C=O) groups is 1. The molecule has 0 saturated carbocycles. The monoisotopic (exact) mass is 247 g/mol. The van der Waals surface area contributed by atoms with Gasteiger partial charge in [-0.25, -0.2) is 5.21 Å². The largest absolute Gasteiger partial charge is 0.550 e. The Kier molecular flexibility index (Phi) is 10.4. The van der Waals surface area contributed by atoms with Crippen molar-refractivity contribution in [1.29, 1.82) is 0 Å². The molecule has 0 spiro atoms. The van der Waals surface area contributed by atoms with Gasteiger partial charge in [-0.1, -0.05) is 26.7 Å². The molecule has 0 aliphatic carbocycles. The molecule has 1 N–H and O–H groups in total. The van der Waals surface area contributed by atoms with Crippen molar-refractivity contribution < 1.29 is 19.8 Å². The number of carbonyl (C=O) groups excluding carboxylic acids is 1. The molecule has 0 aromatic rings. The molecular formula is C13H29NO3. The summed E-state index contributed by atoms with van der Waals surface area (Å²) in [7, 11) is 3.51. The van der Waals surface area contributed by atoms with Crippen molar-refractivity contribution in [2.45, 2.75) is 59.4 Å². The SMILES string of the molecule is CC(C)[N+](C)(C)O.CCCCC(CC)C(=O)[O-]. The standard InChI is InChI=1S/C8H16O2.C5H14NO/c1-3-5-6-7(4-2)8(9)10;1-5(2)6(3,4)7/h7H,3-6H2,1-2H3,(H,9,10);5,7H,1-4H3/q;+1/p-1. The lowest BCUT2D eigenvalue weighted by Crippen LogP contribution is -2.41. The van der Waals surface area contributed by atoms with Gasteiger partial charge in [-0.15, -0.1) is 0 Å². The van der Waals surface area contributed by atoms with Gasteiger partial charge in [0.15, 0.2) is 0 Å². The van der Waals surface area contributed by atoms with E-state index in [-0.39, 0.29) is 10.6 Å². The van der Waals surface area contributed by atoms with Crippen LogP contribution in [0.1, 0.15) is 53.4 Å². The lowest BCUT2D eigenvalue weighted by atomic mass is 10.00. The van der Waals surface area contributed by atoms with E-state index in [4.69, 9.17) is 5.21 Å². The Hall–Kier alpha value is -0.610. The van der Waals surface area contributed by atoms with Gasteiger partial charge in [0, 0.05) is 5.97 Å². The molecule has 0 aliphatic heterocycles. The van der Waals surface area contributed by atoms with Gasteiger partial charge in [-0.2, -0.15) is 4.65 Å². The fraction of sp³-hybridized carbons (Fsp3) is 0.923. The van der Waals surface area contributed by atoms with Crippen LogP contribution in [0.15, 0.2) is 0 Å². The van der Waals surface area contributed by atoms with Crippen molar-refractivity contribution in [3.63, 3.8) is 0 Å². The highest BCUT2D eigenvalue weighted by Gasteiger charge is 2.14. The molecule has 1 unspecified atom stereocenters. The maximum Gasteiger partial charge on any atom is 0.113 e. The predicted molar refractivity (Wildman–Crippen MR) is 67.3 cm³/mol. The van der Waals surface area contributed by atoms with Crippen LogP contribution in [0.5, 0.6) is 0 Å². The molecule has 0 fully saturated rings. The third-order valence-corrected chi connectivity index (χ3v) is 3.00. The molecule has 17 heavy (non-hydrogen) atoms. The Morgan fingerprint density at radius 3 is 1.88 bits per heavy atom. The number of carboxylic acid groups (broad SMARTS) is 1. The normalized spacial score (nSPS) is 12.9. The van der Waals surface area contributed by atoms with Crippen LogP contribution in [0, 0.1) is 5.92 Å². The van der Waals surface area contributed by atoms with Gasteiger partial charge < -0.3 is 9.90 Å². The summed E-state index contributed by atoms with van der Waals surface area (Å²) in [5, 5.41) is 19.4. The molecule has 0 amide bonds. The Balaban J connectivity index is 0. The van der Waals surface area contributed by atoms with Crippen LogP contribution < -0.4 is 5.11 Å². The zero-order chi connectivity index (χ0) is 14.1. The molecular weight excluding hydrogens is 218 g/mol. The van der Waals surface area contributed by atoms with Gasteiger partial charge in [0.1, 0.15) is 6.04 Å². The zero-order valence-corrected chi connectivity index (χ0v) is 12.2. The van der Waals surface area contributed by atoms with Crippen molar-refractivity contribution >= 4 is 5.97 Å². The van der Waals surface area contributed by atoms with Gasteiger partial charge >= 0.3 is 0 Å². The highest BCUT2D eigenvalue weighted by atomic mass is 16.5. The number of nitrogens with zero attached hydrogens (tertiary/aromatic N) is 1. The number of carboxylic acids is 1. The van der Waals surface area contributed by atoms with Crippen molar-refractivity contribution in [3.05, 3.63) is 0 Å². The van der Waals surface area contributed by atoms with Crippen LogP contribution in [-0.4, -0.2) is 36.0 Å². The molecule has 104 valence electrons. The number of hydroxylamine groups is 3. The second kappa shape index (κ2) is 9.42. The average molecular weight is 247 g/mol. The summed E-state index contributed by atoms with van der Waals surface area (Å²) >= 11 is 0. The molecule has 0 aromatic carbocycles. The number of aliphatic carboxylic acids is 1. The Morgan fingerprint density at radius 1 is 1.29 bits per heavy atom. The van der Waals surface area contributed by atoms with Crippen LogP contribution in [0.2, 0.25) is 0 Å². The molecule has 1 atom stereocenters. The van der Waals surface area contributed by atoms with Crippen LogP contribution in [0.4, 0.5) is 0 Å². The molecule has 0 aliphatic rings. The molecule has 0 aromatic heterocycles. The highest BCUT2D eigenvalue weighted by Crippen LogP contribution is 2.10. The zero-order valence-electron chi connectivity index (χ0n) is 12.2. The van der Waals surface area contributed by atoms with E-state index < -0.39 is 5.97 Å². The predicted octanol–water partition coefficient (Wildman–Crippen LogP) is 1.81. The van der Waals surface area contributed by atoms with E-state index in [1.54, 1.807) is 14.1 Å². The van der Waals surface area contributed by atoms with Crippen molar-refractivity contribution in [1.82, 2.24) is 0 Å². The number of unbranched alkanes of at least 4 members (excludes halogenated alkanes) is 1. The lowest BCUT2D eigenvalue weighted by molar-refractivity contribution is -1.09. The fourth-order valence-corrected chi connectivity index (χ4v) is 0.939. The van der Waals surface area contributed by atoms with E-state index in [0.29, 0.717) is 12.5 Å². The molecule has 0 heterocycles. The molecule has 4 heteroatoms. The summed E-state index contributed by atoms with van der Waals surface area (Å²) in [6, 6.07) is 0.292. The summed E-state index contributed by atoms with van der Waals surface area (Å²) in [5.74, 6) is -1.11. The number of hydrogen-bond donors (Lipinski definition) is 1. The first kappa shape index (κ1) is 18.7. The average Bonchev–Trinajstić information content (AvgIpc) is 2.18. The highest BCUT2D eigenvalue weighted by molar-refractivity contribution is 5.67. The van der Waals surface area contributed by atoms with Crippen molar-refractivity contribution in [2.24, 2.45) is 5.92 Å². The van der Waals surface area contributed by atoms with Gasteiger partial charge in [-0.05, 0) is 32.6 Å². The van der Waals surface area contributed by atoms with Crippen LogP contribution >= 0.6 is 0 Å². The van der Waals surface area contributed by atoms with Crippen LogP contribution in [0.3, 0.4) is 0 Å². The molecule has 0 saturated heterocycles. The minimum absolute atomic E-state index is 0.0556. The second-order valence-electron chi connectivity index (χ2n) is 5.14. The smallest absolute Gasteiger partial charge is 0.113 e. The maximum absolute atomic E-state index is 10.3. The third-order valence-electron chi connectivity index (χ3n) is 3.00. The number of rotatable bonds is 6. The van der Waals surface area contributed by atoms with E-state index in [2.05, 4.69) is 6.92 Å². The first-order chi connectivity index (χ1) is 7.66. The first-order valence-electron chi connectivity index (χ1n) is 6.43. The lowest BCUT2D eigenvalue weighted by Gasteiger charge is -2.23. The van der Waals surface area contributed by atoms with Crippen molar-refractivity contribution in [3.8, 4) is 0 Å². The fourth-order valence-electron chi connectivity index (χ4n) is 0.939. The van der Waals surface area contributed by atoms with E-state index in [1.165, 1.54) is 0 Å². The molecule has 0 bridgehead atoms. The number of quaternary nitrogens is 1. The van der Waals surface area contributed by atoms with Gasteiger partial charge in [0.2, 0.25) is 0 Å². The minimum Gasteiger partial charge on any atom is -0.550 e. The van der Waals surface area contributed by atoms with E-state index >= 15 is 0 Å². The van der Waals surface area contributed by atoms with Gasteiger partial charge in [-0.3, -0.25) is 0 Å². The van der Waals surface area contributed by atoms with Gasteiger partial charge in [0.05, 0.1) is 14.1 Å². The van der Waals surface area contributed by atoms with Crippen molar-refractivity contribution in [2.75, 3.05) is 14.1 Å². The summed E-state index contributed by atoms with van der Waals surface area (Å²) < 4.78 is 0.0556. The first-order valence-corrected chi connectivity index (χ1v) is 6.43. The van der Waals surface area contributed by atoms with Crippen LogP contribution in [-0.2, 0) is 4.79 Å². The Morgan fingerprint density at radius 2 is 1.71 bits per heavy atom. The number of hydrogen-bond acceptors (Lipinski definition) is 3. The van der Waals surface area contributed by atoms with Crippen LogP contribution in [0.25, 0.3) is 0 Å². The van der Waals surface area contributed by atoms with E-state index in [0.717, 1.165) is 19.3 Å². The van der Waals surface area contributed by atoms with Gasteiger partial charge in [0.25, 0.3) is 0 Å². The summed E-state index contributed by atoms with van der Waals surface area (Å²) in [5.41, 5.74) is 0. The second-order valence-corrected chi connectivity index (χ2v) is 5.14. The molecule has 0 rings (SSSR count). The summed E-state index contributed by atoms with van der Waals surface area (Å²) in [6.07, 6.45) is 3.52. The summed E-state index contributed by atoms with van der Waals surface area (Å²) in [4.78, 5) is 10.3. The Bertz CT molecular complexity index is 197. The minimum atomic E-state index is -0.893. The van der Waals surface area contributed by atoms with E-state index in [9.17, 15) is 9.90 Å². The quantitative estimate of drug-likeness (QED) is 0.575. The maximum atomic E-state index is 10.3. The Labute approximate surface area is 106 Å². The molecule has 4 nitrogen and oxygen atoms in total. The summed E-state index contributed by atoms with van der Waals surface area (Å²) in [6.45, 7) is 7.89. The topological polar surface area (TPSA) is 60.4 Å². The molecule has 0 radical (unpaired) electrons. The third kappa shape index (κ3) is 11.6. The van der Waals surface area contributed by atoms with E-state index in [1.807, 2.05) is 20.8 Å².